The molecule has 0 bridgehead atoms. The topological polar surface area (TPSA) is 113 Å². The minimum atomic E-state index is -3.77. The van der Waals surface area contributed by atoms with Gasteiger partial charge in [0.1, 0.15) is 4.21 Å². The van der Waals surface area contributed by atoms with E-state index in [9.17, 15) is 18.0 Å². The summed E-state index contributed by atoms with van der Waals surface area (Å²) in [4.78, 5) is 21.5. The highest BCUT2D eigenvalue weighted by Crippen LogP contribution is 2.25. The smallest absolute Gasteiger partial charge is 0.305 e. The molecule has 3 N–H and O–H groups in total. The number of nitrogens with one attached hydrogen (secondary N) is 2. The number of thiophene rings is 1. The van der Waals surface area contributed by atoms with Gasteiger partial charge in [-0.15, -0.1) is 11.3 Å². The minimum Gasteiger partial charge on any atom is -0.481 e. The van der Waals surface area contributed by atoms with Crippen LogP contribution in [0.3, 0.4) is 0 Å². The highest BCUT2D eigenvalue weighted by atomic mass is 35.5. The lowest BCUT2D eigenvalue weighted by molar-refractivity contribution is -0.136. The molecular weight excluding hydrogens is 316 g/mol. The van der Waals surface area contributed by atoms with Gasteiger partial charge in [-0.3, -0.25) is 9.59 Å². The van der Waals surface area contributed by atoms with Crippen LogP contribution in [0.1, 0.15) is 6.42 Å². The fourth-order valence-corrected chi connectivity index (χ4v) is 3.55. The number of hydrogen-bond donors (Lipinski definition) is 3. The molecule has 106 valence electrons. The normalized spacial score (nSPS) is 11.2. The number of hydrogen-bond acceptors (Lipinski definition) is 5. The molecule has 0 aliphatic heterocycles. The standard InChI is InChI=1S/C9H11ClN2O5S2/c10-6-1-2-9(18-6)19(16,17)12-5-7(13)11-4-3-8(14)15/h1-2,12H,3-5H2,(H,11,13)(H,14,15). The molecule has 0 saturated heterocycles. The van der Waals surface area contributed by atoms with Gasteiger partial charge in [0.15, 0.2) is 0 Å². The Labute approximate surface area is 118 Å². The molecular formula is C9H11ClN2O5S2. The summed E-state index contributed by atoms with van der Waals surface area (Å²) in [6.45, 7) is -0.516. The summed E-state index contributed by atoms with van der Waals surface area (Å²) in [5.74, 6) is -1.65. The predicted molar refractivity (Wildman–Crippen MR) is 69.8 cm³/mol. The zero-order valence-electron chi connectivity index (χ0n) is 9.55. The van der Waals surface area contributed by atoms with Crippen molar-refractivity contribution in [2.45, 2.75) is 10.6 Å². The number of carboxylic acid groups (broad SMARTS) is 1. The van der Waals surface area contributed by atoms with Crippen LogP contribution in [0, 0.1) is 0 Å². The monoisotopic (exact) mass is 326 g/mol. The highest BCUT2D eigenvalue weighted by molar-refractivity contribution is 7.91. The number of carbonyl (C=O) groups is 2. The molecule has 1 aromatic heterocycles. The molecule has 0 unspecified atom stereocenters. The first-order valence-electron chi connectivity index (χ1n) is 5.05. The molecule has 0 fully saturated rings. The number of aliphatic carboxylic acids is 1. The van der Waals surface area contributed by atoms with Gasteiger partial charge < -0.3 is 10.4 Å². The van der Waals surface area contributed by atoms with Crippen LogP contribution in [0.15, 0.2) is 16.3 Å². The van der Waals surface area contributed by atoms with Crippen molar-refractivity contribution >= 4 is 44.8 Å². The van der Waals surface area contributed by atoms with Crippen molar-refractivity contribution in [1.29, 1.82) is 0 Å². The zero-order chi connectivity index (χ0) is 14.5. The van der Waals surface area contributed by atoms with Crippen molar-refractivity contribution in [2.24, 2.45) is 0 Å². The Morgan fingerprint density at radius 3 is 2.58 bits per heavy atom. The first kappa shape index (κ1) is 15.9. The molecule has 19 heavy (non-hydrogen) atoms. The van der Waals surface area contributed by atoms with Crippen LogP contribution >= 0.6 is 22.9 Å². The van der Waals surface area contributed by atoms with Crippen LogP contribution in [0.4, 0.5) is 0 Å². The van der Waals surface area contributed by atoms with Crippen LogP contribution in [0.2, 0.25) is 4.34 Å². The molecule has 1 heterocycles. The van der Waals surface area contributed by atoms with E-state index in [1.807, 2.05) is 0 Å². The molecule has 0 aliphatic rings. The average Bonchev–Trinajstić information content (AvgIpc) is 2.74. The van der Waals surface area contributed by atoms with Gasteiger partial charge in [-0.25, -0.2) is 13.1 Å². The van der Waals surface area contributed by atoms with Gasteiger partial charge in [0.25, 0.3) is 10.0 Å². The van der Waals surface area contributed by atoms with Crippen molar-refractivity contribution in [3.8, 4) is 0 Å². The molecule has 7 nitrogen and oxygen atoms in total. The molecule has 0 radical (unpaired) electrons. The third-order valence-corrected chi connectivity index (χ3v) is 5.02. The Balaban J connectivity index is 2.43. The van der Waals surface area contributed by atoms with E-state index in [1.54, 1.807) is 0 Å². The molecule has 1 aromatic rings. The van der Waals surface area contributed by atoms with Gasteiger partial charge in [-0.05, 0) is 12.1 Å². The second-order valence-corrected chi connectivity index (χ2v) is 7.09. The molecule has 10 heteroatoms. The number of rotatable bonds is 7. The number of carboxylic acids is 1. The number of halogens is 1. The fraction of sp³-hybridized carbons (Fsp3) is 0.333. The summed E-state index contributed by atoms with van der Waals surface area (Å²) in [5.41, 5.74) is 0. The molecule has 1 amide bonds. The Kier molecular flexibility index (Phi) is 5.73. The molecule has 0 atom stereocenters. The maximum absolute atomic E-state index is 11.7. The predicted octanol–water partition coefficient (Wildman–Crippen LogP) is 0.271. The maximum Gasteiger partial charge on any atom is 0.305 e. The quantitative estimate of drug-likeness (QED) is 0.665. The van der Waals surface area contributed by atoms with Crippen molar-refractivity contribution in [2.75, 3.05) is 13.1 Å². The first-order chi connectivity index (χ1) is 8.81. The Morgan fingerprint density at radius 2 is 2.05 bits per heavy atom. The molecule has 1 rings (SSSR count). The van der Waals surface area contributed by atoms with E-state index in [1.165, 1.54) is 12.1 Å². The number of carbonyl (C=O) groups excluding carboxylic acids is 1. The van der Waals surface area contributed by atoms with Crippen LogP contribution in [-0.2, 0) is 19.6 Å². The van der Waals surface area contributed by atoms with Crippen molar-refractivity contribution in [3.05, 3.63) is 16.5 Å². The average molecular weight is 327 g/mol. The third-order valence-electron chi connectivity index (χ3n) is 1.90. The van der Waals surface area contributed by atoms with Gasteiger partial charge in [0.05, 0.1) is 17.3 Å². The summed E-state index contributed by atoms with van der Waals surface area (Å²) in [6.07, 6.45) is -0.223. The largest absolute Gasteiger partial charge is 0.481 e. The highest BCUT2D eigenvalue weighted by Gasteiger charge is 2.17. The Morgan fingerprint density at radius 1 is 1.37 bits per heavy atom. The third kappa shape index (κ3) is 5.55. The number of sulfonamides is 1. The fourth-order valence-electron chi connectivity index (χ4n) is 1.05. The van der Waals surface area contributed by atoms with Crippen molar-refractivity contribution in [3.63, 3.8) is 0 Å². The van der Waals surface area contributed by atoms with Gasteiger partial charge in [0.2, 0.25) is 5.91 Å². The lowest BCUT2D eigenvalue weighted by Crippen LogP contribution is -2.37. The zero-order valence-corrected chi connectivity index (χ0v) is 11.9. The maximum atomic E-state index is 11.7. The lowest BCUT2D eigenvalue weighted by atomic mass is 10.4. The summed E-state index contributed by atoms with van der Waals surface area (Å²) in [6, 6.07) is 2.77. The van der Waals surface area contributed by atoms with E-state index in [-0.39, 0.29) is 17.2 Å². The Bertz CT molecular complexity index is 569. The Hall–Kier alpha value is -1.16. The summed E-state index contributed by atoms with van der Waals surface area (Å²) >= 11 is 6.49. The van der Waals surface area contributed by atoms with Gasteiger partial charge in [0, 0.05) is 6.54 Å². The van der Waals surface area contributed by atoms with E-state index in [2.05, 4.69) is 10.0 Å². The minimum absolute atomic E-state index is 0.0100. The molecule has 0 spiro atoms. The second-order valence-electron chi connectivity index (χ2n) is 3.38. The molecule has 0 aliphatic carbocycles. The second kappa shape index (κ2) is 6.85. The molecule has 0 saturated carbocycles. The van der Waals surface area contributed by atoms with E-state index in [0.717, 1.165) is 11.3 Å². The summed E-state index contributed by atoms with van der Waals surface area (Å²) in [7, 11) is -3.77. The van der Waals surface area contributed by atoms with Crippen LogP contribution in [-0.4, -0.2) is 38.5 Å². The van der Waals surface area contributed by atoms with E-state index in [0.29, 0.717) is 4.34 Å². The van der Waals surface area contributed by atoms with Crippen LogP contribution in [0.25, 0.3) is 0 Å². The SMILES string of the molecule is O=C(O)CCNC(=O)CNS(=O)(=O)c1ccc(Cl)s1. The molecule has 0 aromatic carbocycles. The van der Waals surface area contributed by atoms with Crippen LogP contribution in [0.5, 0.6) is 0 Å². The van der Waals surface area contributed by atoms with Gasteiger partial charge >= 0.3 is 5.97 Å². The van der Waals surface area contributed by atoms with E-state index >= 15 is 0 Å². The first-order valence-corrected chi connectivity index (χ1v) is 7.72. The van der Waals surface area contributed by atoms with Gasteiger partial charge in [-0.1, -0.05) is 11.6 Å². The van der Waals surface area contributed by atoms with Crippen LogP contribution < -0.4 is 10.0 Å². The lowest BCUT2D eigenvalue weighted by Gasteiger charge is -2.05. The van der Waals surface area contributed by atoms with Gasteiger partial charge in [-0.2, -0.15) is 0 Å². The van der Waals surface area contributed by atoms with Crippen molar-refractivity contribution < 1.29 is 23.1 Å². The number of amides is 1. The van der Waals surface area contributed by atoms with Crippen molar-refractivity contribution in [1.82, 2.24) is 10.0 Å². The van der Waals surface area contributed by atoms with E-state index in [4.69, 9.17) is 16.7 Å². The van der Waals surface area contributed by atoms with E-state index < -0.39 is 28.4 Å². The summed E-state index contributed by atoms with van der Waals surface area (Å²) < 4.78 is 25.8. The summed E-state index contributed by atoms with van der Waals surface area (Å²) in [5, 5.41) is 10.6.